The molecule has 0 fully saturated rings. The van der Waals surface area contributed by atoms with E-state index in [4.69, 9.17) is 19.3 Å². The summed E-state index contributed by atoms with van der Waals surface area (Å²) in [5, 5.41) is 7.09. The van der Waals surface area contributed by atoms with Gasteiger partial charge in [0.2, 0.25) is 6.23 Å². The number of ether oxygens (including phenoxy) is 3. The Morgan fingerprint density at radius 1 is 1.03 bits per heavy atom. The molecule has 0 spiro atoms. The molecule has 0 saturated heterocycles. The Morgan fingerprint density at radius 3 is 2.52 bits per heavy atom. The van der Waals surface area contributed by atoms with Crippen molar-refractivity contribution < 1.29 is 14.2 Å². The summed E-state index contributed by atoms with van der Waals surface area (Å²) in [4.78, 5) is 0. The third-order valence-electron chi connectivity index (χ3n) is 5.66. The Labute approximate surface area is 182 Å². The van der Waals surface area contributed by atoms with Gasteiger partial charge in [0.25, 0.3) is 0 Å². The molecule has 0 aromatic heterocycles. The maximum absolute atomic E-state index is 6.40. The Balaban J connectivity index is 1.48. The van der Waals surface area contributed by atoms with Gasteiger partial charge in [-0.05, 0) is 60.2 Å². The van der Waals surface area contributed by atoms with Crippen LogP contribution in [0.5, 0.6) is 17.2 Å². The van der Waals surface area contributed by atoms with Crippen LogP contribution in [0.3, 0.4) is 0 Å². The second-order valence-corrected chi connectivity index (χ2v) is 7.55. The molecular formula is C26H24N2O3. The highest BCUT2D eigenvalue weighted by molar-refractivity contribution is 6.02. The lowest BCUT2D eigenvalue weighted by Gasteiger charge is -2.38. The molecule has 5 heteroatoms. The predicted molar refractivity (Wildman–Crippen MR) is 121 cm³/mol. The molecule has 2 aliphatic rings. The molecule has 0 N–H and O–H groups in total. The number of fused-ring (bicyclic) bond motifs is 3. The van der Waals surface area contributed by atoms with E-state index in [-0.39, 0.29) is 12.3 Å². The maximum Gasteiger partial charge on any atom is 0.213 e. The second-order valence-electron chi connectivity index (χ2n) is 7.55. The molecule has 5 rings (SSSR count). The van der Waals surface area contributed by atoms with Crippen molar-refractivity contribution in [3.63, 3.8) is 0 Å². The summed E-state index contributed by atoms with van der Waals surface area (Å²) in [5.41, 5.74) is 4.33. The quantitative estimate of drug-likeness (QED) is 0.501. The van der Waals surface area contributed by atoms with E-state index in [1.807, 2.05) is 48.5 Å². The normalized spacial score (nSPS) is 19.0. The lowest BCUT2D eigenvalue weighted by molar-refractivity contribution is -0.0190. The van der Waals surface area contributed by atoms with Gasteiger partial charge in [0.15, 0.2) is 0 Å². The van der Waals surface area contributed by atoms with Gasteiger partial charge in [0.1, 0.15) is 23.9 Å². The Morgan fingerprint density at radius 2 is 1.77 bits per heavy atom. The van der Waals surface area contributed by atoms with E-state index in [0.29, 0.717) is 6.61 Å². The van der Waals surface area contributed by atoms with Crippen LogP contribution in [-0.2, 0) is 0 Å². The minimum Gasteiger partial charge on any atom is -0.497 e. The van der Waals surface area contributed by atoms with Crippen molar-refractivity contribution in [1.29, 1.82) is 0 Å². The highest BCUT2D eigenvalue weighted by Gasteiger charge is 2.40. The highest BCUT2D eigenvalue weighted by atomic mass is 16.5. The summed E-state index contributed by atoms with van der Waals surface area (Å²) in [7, 11) is 1.67. The van der Waals surface area contributed by atoms with E-state index >= 15 is 0 Å². The molecule has 2 aliphatic heterocycles. The lowest BCUT2D eigenvalue weighted by Crippen LogP contribution is -2.33. The fourth-order valence-corrected chi connectivity index (χ4v) is 4.10. The molecule has 0 radical (unpaired) electrons. The molecule has 0 amide bonds. The first-order valence-corrected chi connectivity index (χ1v) is 10.4. The second kappa shape index (κ2) is 8.19. The van der Waals surface area contributed by atoms with E-state index in [0.717, 1.165) is 46.1 Å². The highest BCUT2D eigenvalue weighted by Crippen LogP contribution is 2.47. The zero-order chi connectivity index (χ0) is 21.2. The minimum atomic E-state index is -0.293. The molecule has 0 saturated carbocycles. The molecule has 3 aromatic rings. The minimum absolute atomic E-state index is 0.128. The van der Waals surface area contributed by atoms with Crippen LogP contribution in [0.25, 0.3) is 0 Å². The van der Waals surface area contributed by atoms with Crippen LogP contribution < -0.4 is 14.2 Å². The van der Waals surface area contributed by atoms with Gasteiger partial charge in [0, 0.05) is 17.5 Å². The molecule has 3 aromatic carbocycles. The van der Waals surface area contributed by atoms with Gasteiger partial charge in [-0.25, -0.2) is 5.01 Å². The fraction of sp³-hybridized carbons (Fsp3) is 0.192. The Bertz CT molecular complexity index is 1110. The summed E-state index contributed by atoms with van der Waals surface area (Å²) >= 11 is 0. The lowest BCUT2D eigenvalue weighted by atomic mass is 9.96. The molecular weight excluding hydrogens is 388 g/mol. The Kier molecular flexibility index (Phi) is 5.08. The Hall–Kier alpha value is -3.73. The largest absolute Gasteiger partial charge is 0.497 e. The van der Waals surface area contributed by atoms with Crippen LogP contribution in [0.2, 0.25) is 0 Å². The summed E-state index contributed by atoms with van der Waals surface area (Å²) in [6, 6.07) is 24.4. The number of rotatable bonds is 6. The van der Waals surface area contributed by atoms with Crippen LogP contribution >= 0.6 is 0 Å². The van der Waals surface area contributed by atoms with Gasteiger partial charge in [-0.2, -0.15) is 5.10 Å². The van der Waals surface area contributed by atoms with Crippen LogP contribution in [0.4, 0.5) is 0 Å². The fourth-order valence-electron chi connectivity index (χ4n) is 4.10. The molecule has 2 atom stereocenters. The summed E-state index contributed by atoms with van der Waals surface area (Å²) in [5.74, 6) is 2.56. The standard InChI is InChI=1S/C26H24N2O3/c1-3-16-30-21-14-8-18(9-15-21)23-17-24-22-6-4-5-7-25(22)31-26(28(24)27-23)19-10-12-20(29-2)13-11-19/h3-15,24,26H,1,16-17H2,2H3/t24-,26-/m1/s1. The van der Waals surface area contributed by atoms with Crippen LogP contribution in [0, 0.1) is 0 Å². The number of hydrogen-bond donors (Lipinski definition) is 0. The molecule has 2 heterocycles. The number of methoxy groups -OCH3 is 1. The van der Waals surface area contributed by atoms with Crippen molar-refractivity contribution in [3.05, 3.63) is 102 Å². The summed E-state index contributed by atoms with van der Waals surface area (Å²) in [6.45, 7) is 4.18. The average molecular weight is 412 g/mol. The third kappa shape index (κ3) is 3.63. The first-order valence-electron chi connectivity index (χ1n) is 10.4. The third-order valence-corrected chi connectivity index (χ3v) is 5.66. The SMILES string of the molecule is C=CCOc1ccc(C2=NN3[C@H](C2)c2ccccc2O[C@@H]3c2ccc(OC)cc2)cc1. The number of nitrogens with zero attached hydrogens (tertiary/aromatic N) is 2. The summed E-state index contributed by atoms with van der Waals surface area (Å²) < 4.78 is 17.3. The average Bonchev–Trinajstić information content (AvgIpc) is 3.28. The maximum atomic E-state index is 6.40. The van der Waals surface area contributed by atoms with Gasteiger partial charge >= 0.3 is 0 Å². The first-order chi connectivity index (χ1) is 15.3. The van der Waals surface area contributed by atoms with E-state index in [1.54, 1.807) is 13.2 Å². The van der Waals surface area contributed by atoms with Crippen molar-refractivity contribution in [2.45, 2.75) is 18.7 Å². The number of hydrazone groups is 1. The number of hydrogen-bond acceptors (Lipinski definition) is 5. The molecule has 5 nitrogen and oxygen atoms in total. The zero-order valence-electron chi connectivity index (χ0n) is 17.4. The smallest absolute Gasteiger partial charge is 0.213 e. The molecule has 0 unspecified atom stereocenters. The van der Waals surface area contributed by atoms with Gasteiger partial charge < -0.3 is 14.2 Å². The molecule has 0 bridgehead atoms. The van der Waals surface area contributed by atoms with Crippen molar-refractivity contribution in [2.75, 3.05) is 13.7 Å². The molecule has 0 aliphatic carbocycles. The van der Waals surface area contributed by atoms with Crippen LogP contribution in [-0.4, -0.2) is 24.4 Å². The van der Waals surface area contributed by atoms with E-state index in [2.05, 4.69) is 35.9 Å². The van der Waals surface area contributed by atoms with Crippen LogP contribution in [0.15, 0.2) is 90.6 Å². The van der Waals surface area contributed by atoms with Crippen molar-refractivity contribution in [1.82, 2.24) is 5.01 Å². The van der Waals surface area contributed by atoms with Crippen molar-refractivity contribution >= 4 is 5.71 Å². The number of para-hydroxylation sites is 1. The monoisotopic (exact) mass is 412 g/mol. The predicted octanol–water partition coefficient (Wildman–Crippen LogP) is 5.50. The van der Waals surface area contributed by atoms with Gasteiger partial charge in [-0.15, -0.1) is 0 Å². The van der Waals surface area contributed by atoms with Gasteiger partial charge in [-0.3, -0.25) is 0 Å². The topological polar surface area (TPSA) is 43.3 Å². The summed E-state index contributed by atoms with van der Waals surface area (Å²) in [6.07, 6.45) is 2.27. The van der Waals surface area contributed by atoms with Crippen molar-refractivity contribution in [3.8, 4) is 17.2 Å². The van der Waals surface area contributed by atoms with Crippen molar-refractivity contribution in [2.24, 2.45) is 5.10 Å². The molecule has 31 heavy (non-hydrogen) atoms. The van der Waals surface area contributed by atoms with Crippen LogP contribution in [0.1, 0.15) is 35.4 Å². The van der Waals surface area contributed by atoms with E-state index in [1.165, 1.54) is 0 Å². The van der Waals surface area contributed by atoms with Gasteiger partial charge in [0.05, 0.1) is 18.9 Å². The van der Waals surface area contributed by atoms with E-state index in [9.17, 15) is 0 Å². The van der Waals surface area contributed by atoms with Gasteiger partial charge in [-0.1, -0.05) is 30.9 Å². The number of benzene rings is 3. The first kappa shape index (κ1) is 19.2. The zero-order valence-corrected chi connectivity index (χ0v) is 17.4. The molecule has 156 valence electrons. The van der Waals surface area contributed by atoms with E-state index < -0.39 is 0 Å².